The van der Waals surface area contributed by atoms with Crippen LogP contribution in [0.15, 0.2) is 18.2 Å². The molecule has 1 aromatic carbocycles. The number of hydrogen-bond acceptors (Lipinski definition) is 3. The number of ether oxygens (including phenoxy) is 1. The Balaban J connectivity index is 1.62. The van der Waals surface area contributed by atoms with E-state index in [0.29, 0.717) is 30.6 Å². The topological polar surface area (TPSA) is 58.6 Å². The number of anilines is 2. The molecule has 2 aliphatic rings. The predicted molar refractivity (Wildman–Crippen MR) is 104 cm³/mol. The number of carbonyl (C=O) groups excluding carboxylic acids is 2. The van der Waals surface area contributed by atoms with Crippen LogP contribution in [0.3, 0.4) is 0 Å². The van der Waals surface area contributed by atoms with Gasteiger partial charge in [0.1, 0.15) is 5.75 Å². The Morgan fingerprint density at radius 2 is 2.04 bits per heavy atom. The number of rotatable bonds is 6. The van der Waals surface area contributed by atoms with Crippen molar-refractivity contribution in [2.45, 2.75) is 58.8 Å². The van der Waals surface area contributed by atoms with Crippen molar-refractivity contribution >= 4 is 23.2 Å². The van der Waals surface area contributed by atoms with Crippen LogP contribution in [0.5, 0.6) is 5.75 Å². The summed E-state index contributed by atoms with van der Waals surface area (Å²) in [6.45, 7) is 4.89. The smallest absolute Gasteiger partial charge is 0.265 e. The molecule has 0 bridgehead atoms. The lowest BCUT2D eigenvalue weighted by molar-refractivity contribution is -0.121. The molecule has 5 nitrogen and oxygen atoms in total. The summed E-state index contributed by atoms with van der Waals surface area (Å²) in [6.07, 6.45) is 8.00. The number of fused-ring (bicyclic) bond motifs is 1. The van der Waals surface area contributed by atoms with Gasteiger partial charge < -0.3 is 15.0 Å². The number of amides is 2. The monoisotopic (exact) mass is 358 g/mol. The summed E-state index contributed by atoms with van der Waals surface area (Å²) in [7, 11) is 0. The van der Waals surface area contributed by atoms with E-state index in [1.54, 1.807) is 4.90 Å². The van der Waals surface area contributed by atoms with Crippen LogP contribution in [-0.4, -0.2) is 25.0 Å². The van der Waals surface area contributed by atoms with E-state index in [2.05, 4.69) is 19.2 Å². The van der Waals surface area contributed by atoms with Gasteiger partial charge in [0.2, 0.25) is 5.91 Å². The zero-order valence-corrected chi connectivity index (χ0v) is 15.9. The van der Waals surface area contributed by atoms with Crippen molar-refractivity contribution in [2.75, 3.05) is 23.4 Å². The maximum atomic E-state index is 12.3. The molecule has 1 fully saturated rings. The van der Waals surface area contributed by atoms with E-state index in [-0.39, 0.29) is 18.4 Å². The zero-order valence-electron chi connectivity index (χ0n) is 15.9. The molecule has 0 aromatic heterocycles. The minimum Gasteiger partial charge on any atom is -0.482 e. The third-order valence-corrected chi connectivity index (χ3v) is 5.24. The van der Waals surface area contributed by atoms with Crippen molar-refractivity contribution in [1.82, 2.24) is 0 Å². The van der Waals surface area contributed by atoms with Crippen LogP contribution in [0.2, 0.25) is 0 Å². The first kappa shape index (κ1) is 18.7. The summed E-state index contributed by atoms with van der Waals surface area (Å²) in [5.41, 5.74) is 1.48. The lowest BCUT2D eigenvalue weighted by Gasteiger charge is -2.31. The van der Waals surface area contributed by atoms with Crippen LogP contribution in [0.4, 0.5) is 11.4 Å². The first-order valence-corrected chi connectivity index (χ1v) is 9.90. The highest BCUT2D eigenvalue weighted by atomic mass is 16.5. The molecule has 1 aromatic rings. The van der Waals surface area contributed by atoms with Gasteiger partial charge in [0.15, 0.2) is 6.61 Å². The van der Waals surface area contributed by atoms with Crippen molar-refractivity contribution in [3.8, 4) is 5.75 Å². The van der Waals surface area contributed by atoms with E-state index in [1.807, 2.05) is 18.2 Å². The third-order valence-electron chi connectivity index (χ3n) is 5.24. The van der Waals surface area contributed by atoms with Crippen LogP contribution >= 0.6 is 0 Å². The lowest BCUT2D eigenvalue weighted by atomic mass is 9.86. The van der Waals surface area contributed by atoms with E-state index in [1.165, 1.54) is 32.1 Å². The molecular weight excluding hydrogens is 328 g/mol. The lowest BCUT2D eigenvalue weighted by Crippen LogP contribution is -2.41. The van der Waals surface area contributed by atoms with Crippen LogP contribution in [-0.2, 0) is 9.59 Å². The van der Waals surface area contributed by atoms with Crippen LogP contribution in [0.25, 0.3) is 0 Å². The van der Waals surface area contributed by atoms with Crippen molar-refractivity contribution < 1.29 is 14.3 Å². The second-order valence-electron chi connectivity index (χ2n) is 7.96. The summed E-state index contributed by atoms with van der Waals surface area (Å²) >= 11 is 0. The van der Waals surface area contributed by atoms with Gasteiger partial charge in [-0.2, -0.15) is 0 Å². The molecule has 3 rings (SSSR count). The maximum absolute atomic E-state index is 12.3. The molecule has 1 N–H and O–H groups in total. The summed E-state index contributed by atoms with van der Waals surface area (Å²) in [5.74, 6) is 1.77. The quantitative estimate of drug-likeness (QED) is 0.821. The van der Waals surface area contributed by atoms with Gasteiger partial charge >= 0.3 is 0 Å². The number of nitrogens with zero attached hydrogens (tertiary/aromatic N) is 1. The summed E-state index contributed by atoms with van der Waals surface area (Å²) in [4.78, 5) is 26.3. The Hall–Kier alpha value is -2.04. The first-order chi connectivity index (χ1) is 12.5. The molecule has 1 aliphatic carbocycles. The first-order valence-electron chi connectivity index (χ1n) is 9.90. The minimum atomic E-state index is -0.0352. The number of carbonyl (C=O) groups is 2. The van der Waals surface area contributed by atoms with E-state index < -0.39 is 0 Å². The Kier molecular flexibility index (Phi) is 6.17. The average molecular weight is 358 g/mol. The van der Waals surface area contributed by atoms with Gasteiger partial charge in [0, 0.05) is 18.7 Å². The number of hydrogen-bond donors (Lipinski definition) is 1. The van der Waals surface area contributed by atoms with E-state index in [0.717, 1.165) is 17.8 Å². The van der Waals surface area contributed by atoms with Gasteiger partial charge in [-0.25, -0.2) is 0 Å². The van der Waals surface area contributed by atoms with E-state index in [9.17, 15) is 9.59 Å². The largest absolute Gasteiger partial charge is 0.482 e. The Labute approximate surface area is 156 Å². The second-order valence-corrected chi connectivity index (χ2v) is 7.96. The standard InChI is InChI=1S/C21H30N2O3/c1-15(2)13-23-18-12-17(9-10-19(18)26-14-21(23)25)22-20(24)11-8-16-6-4-3-5-7-16/h9-10,12,15-16H,3-8,11,13-14H2,1-2H3,(H,22,24). The molecule has 1 aliphatic heterocycles. The molecule has 0 atom stereocenters. The molecular formula is C21H30N2O3. The van der Waals surface area contributed by atoms with E-state index >= 15 is 0 Å². The Bertz CT molecular complexity index is 651. The zero-order chi connectivity index (χ0) is 18.5. The molecule has 142 valence electrons. The van der Waals surface area contributed by atoms with Gasteiger partial charge in [-0.1, -0.05) is 46.0 Å². The number of benzene rings is 1. The molecule has 5 heteroatoms. The van der Waals surface area contributed by atoms with Crippen molar-refractivity contribution in [1.29, 1.82) is 0 Å². The highest BCUT2D eigenvalue weighted by Crippen LogP contribution is 2.35. The molecule has 0 unspecified atom stereocenters. The van der Waals surface area contributed by atoms with E-state index in [4.69, 9.17) is 4.74 Å². The van der Waals surface area contributed by atoms with Gasteiger partial charge in [-0.05, 0) is 36.5 Å². The van der Waals surface area contributed by atoms with Crippen molar-refractivity contribution in [3.63, 3.8) is 0 Å². The molecule has 0 radical (unpaired) electrons. The maximum Gasteiger partial charge on any atom is 0.265 e. The minimum absolute atomic E-state index is 0.0352. The normalized spacial score (nSPS) is 17.8. The molecule has 0 spiro atoms. The van der Waals surface area contributed by atoms with Crippen LogP contribution in [0, 0.1) is 11.8 Å². The fourth-order valence-electron chi connectivity index (χ4n) is 3.88. The molecule has 1 saturated carbocycles. The van der Waals surface area contributed by atoms with Crippen molar-refractivity contribution in [3.05, 3.63) is 18.2 Å². The fourth-order valence-corrected chi connectivity index (χ4v) is 3.88. The summed E-state index contributed by atoms with van der Waals surface area (Å²) in [6, 6.07) is 5.54. The predicted octanol–water partition coefficient (Wildman–Crippen LogP) is 4.37. The summed E-state index contributed by atoms with van der Waals surface area (Å²) in [5, 5.41) is 2.99. The average Bonchev–Trinajstić information content (AvgIpc) is 2.63. The van der Waals surface area contributed by atoms with Gasteiger partial charge in [-0.15, -0.1) is 0 Å². The molecule has 0 saturated heterocycles. The Morgan fingerprint density at radius 1 is 1.27 bits per heavy atom. The molecule has 2 amide bonds. The Morgan fingerprint density at radius 3 is 2.77 bits per heavy atom. The SMILES string of the molecule is CC(C)CN1C(=O)COc2ccc(NC(=O)CCC3CCCCC3)cc21. The van der Waals surface area contributed by atoms with Gasteiger partial charge in [0.25, 0.3) is 5.91 Å². The second kappa shape index (κ2) is 8.56. The van der Waals surface area contributed by atoms with Crippen LogP contribution < -0.4 is 15.0 Å². The highest BCUT2D eigenvalue weighted by molar-refractivity contribution is 5.99. The fraction of sp³-hybridized carbons (Fsp3) is 0.619. The third kappa shape index (κ3) is 4.77. The summed E-state index contributed by atoms with van der Waals surface area (Å²) < 4.78 is 5.53. The van der Waals surface area contributed by atoms with Gasteiger partial charge in [-0.3, -0.25) is 9.59 Å². The van der Waals surface area contributed by atoms with Crippen LogP contribution in [0.1, 0.15) is 58.8 Å². The highest BCUT2D eigenvalue weighted by Gasteiger charge is 2.26. The van der Waals surface area contributed by atoms with Gasteiger partial charge in [0.05, 0.1) is 5.69 Å². The van der Waals surface area contributed by atoms with Crippen molar-refractivity contribution in [2.24, 2.45) is 11.8 Å². The number of nitrogens with one attached hydrogen (secondary N) is 1. The molecule has 26 heavy (non-hydrogen) atoms. The molecule has 1 heterocycles.